The van der Waals surface area contributed by atoms with Gasteiger partial charge < -0.3 is 14.5 Å². The summed E-state index contributed by atoms with van der Waals surface area (Å²) < 4.78 is 48.0. The first-order chi connectivity index (χ1) is 17.3. The van der Waals surface area contributed by atoms with Crippen LogP contribution in [-0.4, -0.2) is 58.6 Å². The lowest BCUT2D eigenvalue weighted by atomic mass is 10.1. The number of rotatable bonds is 8. The van der Waals surface area contributed by atoms with Crippen molar-refractivity contribution in [3.05, 3.63) is 89.7 Å². The Morgan fingerprint density at radius 3 is 2.31 bits per heavy atom. The molecule has 0 saturated carbocycles. The smallest absolute Gasteiger partial charge is 0.244 e. The molecule has 3 aromatic carbocycles. The van der Waals surface area contributed by atoms with E-state index in [1.165, 1.54) is 25.3 Å². The zero-order chi connectivity index (χ0) is 25.7. The number of nitrogens with one attached hydrogen (secondary N) is 1. The molecule has 1 N–H and O–H groups in total. The van der Waals surface area contributed by atoms with Gasteiger partial charge in [-0.05, 0) is 60.9 Å². The first-order valence-electron chi connectivity index (χ1n) is 11.8. The Bertz CT molecular complexity index is 1290. The van der Waals surface area contributed by atoms with Gasteiger partial charge in [-0.1, -0.05) is 36.4 Å². The maximum absolute atomic E-state index is 13.6. The number of hydrogen-bond acceptors (Lipinski definition) is 5. The minimum Gasteiger partial charge on any atom is -0.495 e. The fraction of sp³-hybridized carbons (Fsp3) is 0.296. The Morgan fingerprint density at radius 1 is 1.00 bits per heavy atom. The molecule has 0 spiro atoms. The van der Waals surface area contributed by atoms with E-state index in [0.717, 1.165) is 16.8 Å². The molecule has 1 heterocycles. The number of carbonyl (C=O) groups excluding carboxylic acids is 1. The van der Waals surface area contributed by atoms with Crippen LogP contribution in [0.2, 0.25) is 0 Å². The van der Waals surface area contributed by atoms with Gasteiger partial charge in [0.05, 0.1) is 7.11 Å². The molecule has 1 fully saturated rings. The first kappa shape index (κ1) is 25.7. The summed E-state index contributed by atoms with van der Waals surface area (Å²) in [4.78, 5) is 17.4. The van der Waals surface area contributed by atoms with E-state index in [1.54, 1.807) is 36.1 Å². The van der Waals surface area contributed by atoms with Gasteiger partial charge in [-0.15, -0.1) is 0 Å². The van der Waals surface area contributed by atoms with Crippen molar-refractivity contribution in [2.45, 2.75) is 24.3 Å². The summed E-state index contributed by atoms with van der Waals surface area (Å²) in [5.41, 5.74) is 2.50. The van der Waals surface area contributed by atoms with Gasteiger partial charge >= 0.3 is 0 Å². The van der Waals surface area contributed by atoms with Crippen molar-refractivity contribution in [3.63, 3.8) is 0 Å². The average Bonchev–Trinajstić information content (AvgIpc) is 2.89. The van der Waals surface area contributed by atoms with Crippen molar-refractivity contribution >= 4 is 21.6 Å². The molecule has 0 aromatic heterocycles. The van der Waals surface area contributed by atoms with Crippen molar-refractivity contribution in [1.82, 2.24) is 9.62 Å². The van der Waals surface area contributed by atoms with Crippen LogP contribution >= 0.6 is 0 Å². The third-order valence-corrected chi connectivity index (χ3v) is 7.76. The molecule has 4 rings (SSSR count). The van der Waals surface area contributed by atoms with E-state index in [0.29, 0.717) is 26.2 Å². The summed E-state index contributed by atoms with van der Waals surface area (Å²) in [5, 5.41) is 0. The van der Waals surface area contributed by atoms with Gasteiger partial charge in [-0.25, -0.2) is 12.8 Å². The fourth-order valence-electron chi connectivity index (χ4n) is 4.33. The molecule has 1 aliphatic rings. The predicted molar refractivity (Wildman–Crippen MR) is 137 cm³/mol. The van der Waals surface area contributed by atoms with E-state index in [2.05, 4.69) is 9.62 Å². The van der Waals surface area contributed by atoms with Crippen molar-refractivity contribution in [3.8, 4) is 5.75 Å². The predicted octanol–water partition coefficient (Wildman–Crippen LogP) is 3.38. The number of nitrogens with zero attached hydrogens (tertiary/aromatic N) is 2. The number of anilines is 1. The van der Waals surface area contributed by atoms with Gasteiger partial charge in [-0.3, -0.25) is 4.79 Å². The molecule has 0 unspecified atom stereocenters. The van der Waals surface area contributed by atoms with Crippen molar-refractivity contribution in [2.75, 3.05) is 38.2 Å². The van der Waals surface area contributed by atoms with E-state index < -0.39 is 16.1 Å². The molecule has 7 nitrogen and oxygen atoms in total. The Balaban J connectivity index is 1.54. The van der Waals surface area contributed by atoms with Crippen LogP contribution in [0, 0.1) is 12.7 Å². The number of benzene rings is 3. The third kappa shape index (κ3) is 6.03. The molecular weight excluding hydrogens is 481 g/mol. The monoisotopic (exact) mass is 511 g/mol. The largest absolute Gasteiger partial charge is 0.495 e. The van der Waals surface area contributed by atoms with Crippen LogP contribution in [0.4, 0.5) is 10.1 Å². The highest BCUT2D eigenvalue weighted by Gasteiger charge is 2.32. The molecule has 3 aromatic rings. The van der Waals surface area contributed by atoms with Gasteiger partial charge in [0.2, 0.25) is 15.9 Å². The van der Waals surface area contributed by atoms with Gasteiger partial charge in [0.15, 0.2) is 0 Å². The molecular formula is C27H30FN3O4S. The quantitative estimate of drug-likeness (QED) is 0.502. The zero-order valence-corrected chi connectivity index (χ0v) is 21.2. The molecule has 190 valence electrons. The molecule has 1 amide bonds. The zero-order valence-electron chi connectivity index (χ0n) is 20.4. The number of carbonyl (C=O) groups is 1. The number of aryl methyl sites for hydroxylation is 1. The molecule has 9 heteroatoms. The van der Waals surface area contributed by atoms with E-state index in [4.69, 9.17) is 4.74 Å². The maximum Gasteiger partial charge on any atom is 0.244 e. The van der Waals surface area contributed by atoms with E-state index in [-0.39, 0.29) is 28.8 Å². The number of halogens is 1. The van der Waals surface area contributed by atoms with Crippen molar-refractivity contribution in [2.24, 2.45) is 0 Å². The summed E-state index contributed by atoms with van der Waals surface area (Å²) in [6.45, 7) is 3.78. The van der Waals surface area contributed by atoms with Crippen molar-refractivity contribution in [1.29, 1.82) is 0 Å². The Morgan fingerprint density at radius 2 is 1.67 bits per heavy atom. The van der Waals surface area contributed by atoms with Crippen LogP contribution in [0.25, 0.3) is 0 Å². The SMILES string of the molecule is COc1ccc(C)cc1S(=O)(=O)N[C@H](Cc1ccccc1)C(=O)N1CCN(c2ccc(F)cc2)CC1. The van der Waals surface area contributed by atoms with Crippen LogP contribution in [0.1, 0.15) is 11.1 Å². The molecule has 0 aliphatic carbocycles. The topological polar surface area (TPSA) is 78.9 Å². The molecule has 0 radical (unpaired) electrons. The number of methoxy groups -OCH3 is 1. The second-order valence-electron chi connectivity index (χ2n) is 8.81. The van der Waals surface area contributed by atoms with Crippen LogP contribution in [0.15, 0.2) is 77.7 Å². The van der Waals surface area contributed by atoms with Gasteiger partial charge in [-0.2, -0.15) is 4.72 Å². The molecule has 1 saturated heterocycles. The number of amides is 1. The summed E-state index contributed by atoms with van der Waals surface area (Å²) in [6, 6.07) is 19.5. The fourth-order valence-corrected chi connectivity index (χ4v) is 5.77. The first-order valence-corrected chi connectivity index (χ1v) is 13.3. The normalized spacial score (nSPS) is 15.0. The standard InChI is InChI=1S/C27H30FN3O4S/c1-20-8-13-25(35-2)26(18-20)36(33,34)29-24(19-21-6-4-3-5-7-21)27(32)31-16-14-30(15-17-31)23-11-9-22(28)10-12-23/h3-13,18,24,29H,14-17,19H2,1-2H3/t24-/m1/s1. The van der Waals surface area contributed by atoms with E-state index >= 15 is 0 Å². The highest BCUT2D eigenvalue weighted by molar-refractivity contribution is 7.89. The lowest BCUT2D eigenvalue weighted by Gasteiger charge is -2.37. The van der Waals surface area contributed by atoms with E-state index in [1.807, 2.05) is 30.3 Å². The third-order valence-electron chi connectivity index (χ3n) is 6.27. The minimum atomic E-state index is -4.05. The second-order valence-corrected chi connectivity index (χ2v) is 10.5. The van der Waals surface area contributed by atoms with Crippen LogP contribution in [0.5, 0.6) is 5.75 Å². The summed E-state index contributed by atoms with van der Waals surface area (Å²) in [7, 11) is -2.64. The minimum absolute atomic E-state index is 0.00279. The average molecular weight is 512 g/mol. The molecule has 36 heavy (non-hydrogen) atoms. The highest BCUT2D eigenvalue weighted by Crippen LogP contribution is 2.25. The number of ether oxygens (including phenoxy) is 1. The number of sulfonamides is 1. The van der Waals surface area contributed by atoms with Gasteiger partial charge in [0, 0.05) is 31.9 Å². The molecule has 1 atom stereocenters. The van der Waals surface area contributed by atoms with Gasteiger partial charge in [0.25, 0.3) is 0 Å². The number of piperazine rings is 1. The lowest BCUT2D eigenvalue weighted by molar-refractivity contribution is -0.133. The summed E-state index contributed by atoms with van der Waals surface area (Å²) in [6.07, 6.45) is 0.214. The Labute approximate surface area is 211 Å². The number of hydrogen-bond donors (Lipinski definition) is 1. The molecule has 1 aliphatic heterocycles. The Hall–Kier alpha value is -3.43. The van der Waals surface area contributed by atoms with Crippen LogP contribution in [-0.2, 0) is 21.2 Å². The Kier molecular flexibility index (Phi) is 7.91. The summed E-state index contributed by atoms with van der Waals surface area (Å²) >= 11 is 0. The van der Waals surface area contributed by atoms with Gasteiger partial charge in [0.1, 0.15) is 22.5 Å². The second kappa shape index (κ2) is 11.1. The molecule has 0 bridgehead atoms. The van der Waals surface area contributed by atoms with Crippen LogP contribution < -0.4 is 14.4 Å². The van der Waals surface area contributed by atoms with Crippen LogP contribution in [0.3, 0.4) is 0 Å². The van der Waals surface area contributed by atoms with Crippen molar-refractivity contribution < 1.29 is 22.3 Å². The van der Waals surface area contributed by atoms with E-state index in [9.17, 15) is 17.6 Å². The highest BCUT2D eigenvalue weighted by atomic mass is 32.2. The lowest BCUT2D eigenvalue weighted by Crippen LogP contribution is -2.55. The summed E-state index contributed by atoms with van der Waals surface area (Å²) in [5.74, 6) is -0.367. The maximum atomic E-state index is 13.6.